The zero-order chi connectivity index (χ0) is 28.6. The first-order valence-electron chi connectivity index (χ1n) is 13.9. The lowest BCUT2D eigenvalue weighted by molar-refractivity contribution is -0.123. The number of nitrogens with zero attached hydrogens (tertiary/aromatic N) is 3. The van der Waals surface area contributed by atoms with Crippen molar-refractivity contribution in [3.05, 3.63) is 30.3 Å². The van der Waals surface area contributed by atoms with Gasteiger partial charge in [-0.15, -0.1) is 5.10 Å². The van der Waals surface area contributed by atoms with Crippen LogP contribution in [0.5, 0.6) is 0 Å². The van der Waals surface area contributed by atoms with Crippen molar-refractivity contribution in [3.63, 3.8) is 0 Å². The predicted molar refractivity (Wildman–Crippen MR) is 150 cm³/mol. The molecule has 2 aromatic rings. The summed E-state index contributed by atoms with van der Waals surface area (Å²) in [6.45, 7) is 4.27. The molecular formula is C27H38N4O7S2. The molecule has 1 aliphatic carbocycles. The quantitative estimate of drug-likeness (QED) is 0.462. The number of aromatic nitrogens is 3. The van der Waals surface area contributed by atoms with Crippen LogP contribution in [-0.4, -0.2) is 90.9 Å². The van der Waals surface area contributed by atoms with Crippen molar-refractivity contribution in [1.29, 1.82) is 0 Å². The second-order valence-electron chi connectivity index (χ2n) is 11.6. The molecule has 3 fully saturated rings. The maximum atomic E-state index is 14.5. The Balaban J connectivity index is 1.53. The SMILES string of the molecule is CC(C)(CN(C(=O)C1(S(=O)(=O)C2CCOCC2)CCC1)c1n[nH]c(-c2ccccc2)n1)S(=O)(=O)C1CCOCC1. The van der Waals surface area contributed by atoms with Crippen LogP contribution in [0.1, 0.15) is 58.8 Å². The standard InChI is InChI=1S/C27H38N4O7S2/c1-26(2,39(33,34)21-9-15-37-16-10-21)19-31(25-28-23(29-30-25)20-7-4-3-5-8-20)24(32)27(13-6-14-27)40(35,36)22-11-17-38-18-12-22/h3-5,7-8,21-22H,6,9-19H2,1-2H3,(H,28,29,30). The largest absolute Gasteiger partial charge is 0.381 e. The lowest BCUT2D eigenvalue weighted by Gasteiger charge is -2.45. The van der Waals surface area contributed by atoms with Gasteiger partial charge in [0.25, 0.3) is 11.9 Å². The maximum absolute atomic E-state index is 14.5. The van der Waals surface area contributed by atoms with Crippen molar-refractivity contribution < 1.29 is 31.1 Å². The highest BCUT2D eigenvalue weighted by atomic mass is 32.2. The van der Waals surface area contributed by atoms with Crippen molar-refractivity contribution >= 4 is 31.5 Å². The van der Waals surface area contributed by atoms with Crippen molar-refractivity contribution in [1.82, 2.24) is 15.2 Å². The first-order chi connectivity index (χ1) is 19.0. The van der Waals surface area contributed by atoms with Gasteiger partial charge in [0, 0.05) is 38.5 Å². The van der Waals surface area contributed by atoms with Gasteiger partial charge in [-0.2, -0.15) is 4.98 Å². The highest BCUT2D eigenvalue weighted by Gasteiger charge is 2.60. The number of amides is 1. The molecular weight excluding hydrogens is 556 g/mol. The fourth-order valence-electron chi connectivity index (χ4n) is 5.91. The van der Waals surface area contributed by atoms with E-state index in [9.17, 15) is 21.6 Å². The molecule has 0 unspecified atom stereocenters. The van der Waals surface area contributed by atoms with Gasteiger partial charge in [-0.05, 0) is 58.8 Å². The molecule has 1 amide bonds. The van der Waals surface area contributed by atoms with E-state index in [0.717, 1.165) is 5.56 Å². The number of rotatable bonds is 9. The predicted octanol–water partition coefficient (Wildman–Crippen LogP) is 2.69. The number of carbonyl (C=O) groups excluding carboxylic acids is 1. The summed E-state index contributed by atoms with van der Waals surface area (Å²) in [7, 11) is -7.64. The maximum Gasteiger partial charge on any atom is 0.251 e. The second kappa shape index (κ2) is 11.1. The minimum atomic E-state index is -3.90. The fourth-order valence-corrected chi connectivity index (χ4v) is 10.6. The fraction of sp³-hybridized carbons (Fsp3) is 0.667. The topological polar surface area (TPSA) is 149 Å². The third-order valence-electron chi connectivity index (χ3n) is 8.63. The van der Waals surface area contributed by atoms with Gasteiger partial charge in [-0.3, -0.25) is 14.8 Å². The summed E-state index contributed by atoms with van der Waals surface area (Å²) < 4.78 is 63.4. The first-order valence-corrected chi connectivity index (χ1v) is 17.0. The molecule has 5 rings (SSSR count). The molecule has 0 bridgehead atoms. The molecule has 13 heteroatoms. The first kappa shape index (κ1) is 29.2. The Labute approximate surface area is 235 Å². The summed E-state index contributed by atoms with van der Waals surface area (Å²) in [5, 5.41) is 5.86. The van der Waals surface area contributed by atoms with Crippen molar-refractivity contribution in [2.75, 3.05) is 37.9 Å². The third-order valence-corrected chi connectivity index (χ3v) is 14.7. The number of hydrogen-bond acceptors (Lipinski definition) is 9. The smallest absolute Gasteiger partial charge is 0.251 e. The van der Waals surface area contributed by atoms with Gasteiger partial charge in [0.1, 0.15) is 0 Å². The molecule has 1 saturated carbocycles. The van der Waals surface area contributed by atoms with E-state index in [4.69, 9.17) is 9.47 Å². The molecule has 1 aromatic heterocycles. The van der Waals surface area contributed by atoms with E-state index in [1.807, 2.05) is 30.3 Å². The highest BCUT2D eigenvalue weighted by molar-refractivity contribution is 7.94. The number of nitrogens with one attached hydrogen (secondary N) is 1. The molecule has 1 aromatic carbocycles. The lowest BCUT2D eigenvalue weighted by Crippen LogP contribution is -2.63. The highest BCUT2D eigenvalue weighted by Crippen LogP contribution is 2.45. The van der Waals surface area contributed by atoms with Crippen molar-refractivity contribution in [2.45, 2.75) is 78.8 Å². The van der Waals surface area contributed by atoms with E-state index < -0.39 is 45.6 Å². The number of ether oxygens (including phenoxy) is 2. The summed E-state index contributed by atoms with van der Waals surface area (Å²) in [6.07, 6.45) is 2.38. The minimum Gasteiger partial charge on any atom is -0.381 e. The molecule has 3 heterocycles. The number of anilines is 1. The Kier molecular flexibility index (Phi) is 8.12. The van der Waals surface area contributed by atoms with Crippen LogP contribution in [0.4, 0.5) is 5.95 Å². The van der Waals surface area contributed by atoms with Crippen molar-refractivity contribution in [2.24, 2.45) is 0 Å². The molecule has 0 spiro atoms. The van der Waals surface area contributed by atoms with Crippen LogP contribution in [0.3, 0.4) is 0 Å². The van der Waals surface area contributed by atoms with Crippen LogP contribution in [0.2, 0.25) is 0 Å². The Hall–Kier alpha value is -2.35. The van der Waals surface area contributed by atoms with Crippen molar-refractivity contribution in [3.8, 4) is 11.4 Å². The summed E-state index contributed by atoms with van der Waals surface area (Å²) in [4.78, 5) is 20.2. The number of carbonyl (C=O) groups is 1. The van der Waals surface area contributed by atoms with Crippen LogP contribution < -0.4 is 4.90 Å². The summed E-state index contributed by atoms with van der Waals surface area (Å²) in [6, 6.07) is 9.21. The van der Waals surface area contributed by atoms with Crippen LogP contribution >= 0.6 is 0 Å². The zero-order valence-electron chi connectivity index (χ0n) is 23.0. The van der Waals surface area contributed by atoms with E-state index in [-0.39, 0.29) is 25.3 Å². The molecule has 0 radical (unpaired) electrons. The zero-order valence-corrected chi connectivity index (χ0v) is 24.7. The average molecular weight is 595 g/mol. The average Bonchev–Trinajstić information content (AvgIpc) is 3.42. The van der Waals surface area contributed by atoms with Crippen LogP contribution in [0.25, 0.3) is 11.4 Å². The van der Waals surface area contributed by atoms with E-state index >= 15 is 0 Å². The number of H-pyrrole nitrogens is 1. The van der Waals surface area contributed by atoms with E-state index in [2.05, 4.69) is 15.2 Å². The lowest BCUT2D eigenvalue weighted by atomic mass is 9.83. The minimum absolute atomic E-state index is 0.0347. The third kappa shape index (κ3) is 5.10. The van der Waals surface area contributed by atoms with Crippen LogP contribution in [-0.2, 0) is 33.9 Å². The van der Waals surface area contributed by atoms with Gasteiger partial charge in [-0.1, -0.05) is 30.3 Å². The molecule has 2 saturated heterocycles. The summed E-state index contributed by atoms with van der Waals surface area (Å²) >= 11 is 0. The van der Waals surface area contributed by atoms with Crippen LogP contribution in [0, 0.1) is 0 Å². The van der Waals surface area contributed by atoms with E-state index in [0.29, 0.717) is 64.4 Å². The monoisotopic (exact) mass is 594 g/mol. The molecule has 1 N–H and O–H groups in total. The molecule has 40 heavy (non-hydrogen) atoms. The second-order valence-corrected chi connectivity index (χ2v) is 17.0. The van der Waals surface area contributed by atoms with Crippen LogP contribution in [0.15, 0.2) is 30.3 Å². The summed E-state index contributed by atoms with van der Waals surface area (Å²) in [5.74, 6) is -0.292. The Morgan fingerprint density at radius 3 is 2.10 bits per heavy atom. The van der Waals surface area contributed by atoms with Gasteiger partial charge in [0.05, 0.1) is 15.2 Å². The normalized spacial score (nSPS) is 21.1. The van der Waals surface area contributed by atoms with E-state index in [1.165, 1.54) is 4.90 Å². The van der Waals surface area contributed by atoms with Gasteiger partial charge in [-0.25, -0.2) is 16.8 Å². The van der Waals surface area contributed by atoms with Gasteiger partial charge in [0.2, 0.25) is 0 Å². The molecule has 0 atom stereocenters. The Morgan fingerprint density at radius 2 is 1.55 bits per heavy atom. The van der Waals surface area contributed by atoms with Gasteiger partial charge >= 0.3 is 0 Å². The number of benzene rings is 1. The van der Waals surface area contributed by atoms with E-state index in [1.54, 1.807) is 13.8 Å². The number of hydrogen-bond donors (Lipinski definition) is 1. The molecule has 220 valence electrons. The molecule has 3 aliphatic rings. The number of sulfone groups is 2. The number of aromatic amines is 1. The summed E-state index contributed by atoms with van der Waals surface area (Å²) in [5.41, 5.74) is 0.732. The van der Waals surface area contributed by atoms with Gasteiger partial charge in [0.15, 0.2) is 30.2 Å². The Morgan fingerprint density at radius 1 is 0.975 bits per heavy atom. The molecule has 11 nitrogen and oxygen atoms in total. The molecule has 2 aliphatic heterocycles. The van der Waals surface area contributed by atoms with Gasteiger partial charge < -0.3 is 9.47 Å². The Bertz CT molecular complexity index is 1410.